The van der Waals surface area contributed by atoms with Crippen LogP contribution in [0.5, 0.6) is 17.4 Å². The molecule has 9 nitrogen and oxygen atoms in total. The summed E-state index contributed by atoms with van der Waals surface area (Å²) < 4.78 is 70.0. The maximum atomic E-state index is 14.7. The van der Waals surface area contributed by atoms with Crippen LogP contribution >= 0.6 is 11.6 Å². The fraction of sp³-hybridized carbons (Fsp3) is 0.238. The first-order chi connectivity index (χ1) is 16.4. The van der Waals surface area contributed by atoms with Gasteiger partial charge in [0, 0.05) is 25.4 Å². The Morgan fingerprint density at radius 1 is 1.17 bits per heavy atom. The van der Waals surface area contributed by atoms with Gasteiger partial charge in [0.25, 0.3) is 11.4 Å². The highest BCUT2D eigenvalue weighted by molar-refractivity contribution is 6.32. The zero-order valence-electron chi connectivity index (χ0n) is 18.1. The normalized spacial score (nSPS) is 11.3. The zero-order valence-corrected chi connectivity index (χ0v) is 18.8. The van der Waals surface area contributed by atoms with E-state index >= 15 is 0 Å². The molecule has 0 aliphatic rings. The topological polar surface area (TPSA) is 102 Å². The van der Waals surface area contributed by atoms with Crippen LogP contribution in [0.25, 0.3) is 5.69 Å². The lowest BCUT2D eigenvalue weighted by Gasteiger charge is -2.16. The molecule has 1 aromatic carbocycles. The molecule has 14 heteroatoms. The van der Waals surface area contributed by atoms with Gasteiger partial charge in [0.05, 0.1) is 17.3 Å². The molecule has 0 saturated heterocycles. The molecule has 2 aromatic heterocycles. The van der Waals surface area contributed by atoms with E-state index in [4.69, 9.17) is 25.8 Å². The van der Waals surface area contributed by atoms with Crippen molar-refractivity contribution in [3.05, 3.63) is 73.9 Å². The van der Waals surface area contributed by atoms with E-state index < -0.39 is 47.2 Å². The van der Waals surface area contributed by atoms with Crippen LogP contribution in [0.3, 0.4) is 0 Å². The Balaban J connectivity index is 2.05. The number of alkyl halides is 3. The molecular weight excluding hydrogens is 502 g/mol. The van der Waals surface area contributed by atoms with Gasteiger partial charge in [-0.15, -0.1) is 0 Å². The third-order valence-corrected chi connectivity index (χ3v) is 4.74. The second-order valence-electron chi connectivity index (χ2n) is 6.78. The fourth-order valence-corrected chi connectivity index (χ4v) is 3.09. The van der Waals surface area contributed by atoms with Crippen molar-refractivity contribution in [3.8, 4) is 23.1 Å². The molecule has 0 bridgehead atoms. The van der Waals surface area contributed by atoms with Gasteiger partial charge in [0.15, 0.2) is 12.4 Å². The van der Waals surface area contributed by atoms with Crippen LogP contribution in [0, 0.1) is 5.82 Å². The lowest BCUT2D eigenvalue weighted by molar-refractivity contribution is -0.145. The van der Waals surface area contributed by atoms with Crippen molar-refractivity contribution in [2.24, 2.45) is 7.05 Å². The van der Waals surface area contributed by atoms with Crippen LogP contribution in [0.15, 0.2) is 46.1 Å². The monoisotopic (exact) mass is 517 g/mol. The van der Waals surface area contributed by atoms with Crippen LogP contribution in [0.1, 0.15) is 12.6 Å². The van der Waals surface area contributed by atoms with Crippen molar-refractivity contribution in [1.29, 1.82) is 0 Å². The summed E-state index contributed by atoms with van der Waals surface area (Å²) in [5.41, 5.74) is -5.08. The second-order valence-corrected chi connectivity index (χ2v) is 7.19. The number of halogens is 5. The van der Waals surface area contributed by atoms with Crippen molar-refractivity contribution < 1.29 is 36.6 Å². The smallest absolute Gasteiger partial charge is 0.431 e. The van der Waals surface area contributed by atoms with Gasteiger partial charge in [-0.25, -0.2) is 23.5 Å². The molecule has 186 valence electrons. The number of benzene rings is 1. The van der Waals surface area contributed by atoms with E-state index in [2.05, 4.69) is 4.98 Å². The number of pyridine rings is 1. The summed E-state index contributed by atoms with van der Waals surface area (Å²) in [6, 6.07) is 4.55. The maximum absolute atomic E-state index is 14.7. The summed E-state index contributed by atoms with van der Waals surface area (Å²) in [6.07, 6.45) is -3.66. The number of carbonyl (C=O) groups excluding carboxylic acids is 1. The molecule has 0 aliphatic heterocycles. The van der Waals surface area contributed by atoms with E-state index in [1.807, 2.05) is 0 Å². The standard InChI is InChI=1S/C21H16ClF4N3O6/c1-3-33-18(31)10-34-19-14(5-4-6-27-19)35-15-8-13(12(23)7-11(15)22)29-17(30)9-16(21(24,25)26)28(2)20(29)32/h4-9H,3,10H2,1-2H3. The van der Waals surface area contributed by atoms with Gasteiger partial charge in [-0.2, -0.15) is 13.2 Å². The first-order valence-electron chi connectivity index (χ1n) is 9.75. The molecule has 0 spiro atoms. The highest BCUT2D eigenvalue weighted by Gasteiger charge is 2.35. The van der Waals surface area contributed by atoms with Crippen LogP contribution in [-0.2, 0) is 22.8 Å². The molecule has 0 atom stereocenters. The predicted molar refractivity (Wildman–Crippen MR) is 114 cm³/mol. The van der Waals surface area contributed by atoms with Gasteiger partial charge in [-0.1, -0.05) is 11.6 Å². The van der Waals surface area contributed by atoms with Gasteiger partial charge < -0.3 is 14.2 Å². The van der Waals surface area contributed by atoms with E-state index in [1.54, 1.807) is 6.92 Å². The summed E-state index contributed by atoms with van der Waals surface area (Å²) in [5.74, 6) is -2.38. The average Bonchev–Trinajstić information content (AvgIpc) is 2.78. The van der Waals surface area contributed by atoms with Crippen LogP contribution in [-0.4, -0.2) is 33.3 Å². The molecule has 3 aromatic rings. The van der Waals surface area contributed by atoms with E-state index in [-0.39, 0.29) is 44.2 Å². The number of hydrogen-bond donors (Lipinski definition) is 0. The minimum Gasteiger partial charge on any atom is -0.463 e. The van der Waals surface area contributed by atoms with E-state index in [0.717, 1.165) is 13.1 Å². The van der Waals surface area contributed by atoms with Gasteiger partial charge in [0.1, 0.15) is 17.3 Å². The number of esters is 1. The SMILES string of the molecule is CCOC(=O)COc1ncccc1Oc1cc(-n2c(=O)cc(C(F)(F)F)n(C)c2=O)c(F)cc1Cl. The first-order valence-corrected chi connectivity index (χ1v) is 10.1. The maximum Gasteiger partial charge on any atom is 0.431 e. The molecule has 2 heterocycles. The van der Waals surface area contributed by atoms with Crippen molar-refractivity contribution in [1.82, 2.24) is 14.1 Å². The minimum atomic E-state index is -4.99. The molecule has 0 fully saturated rings. The summed E-state index contributed by atoms with van der Waals surface area (Å²) in [6.45, 7) is 1.24. The lowest BCUT2D eigenvalue weighted by Crippen LogP contribution is -2.41. The summed E-state index contributed by atoms with van der Waals surface area (Å²) in [4.78, 5) is 40.4. The van der Waals surface area contributed by atoms with Gasteiger partial charge in [0.2, 0.25) is 0 Å². The summed E-state index contributed by atoms with van der Waals surface area (Å²) >= 11 is 6.04. The van der Waals surface area contributed by atoms with Crippen LogP contribution < -0.4 is 20.7 Å². The molecular formula is C21H16ClF4N3O6. The third-order valence-electron chi connectivity index (χ3n) is 4.44. The fourth-order valence-electron chi connectivity index (χ4n) is 2.90. The quantitative estimate of drug-likeness (QED) is 0.349. The van der Waals surface area contributed by atoms with Crippen LogP contribution in [0.2, 0.25) is 5.02 Å². The number of rotatable bonds is 7. The molecule has 0 radical (unpaired) electrons. The van der Waals surface area contributed by atoms with Crippen LogP contribution in [0.4, 0.5) is 17.6 Å². The van der Waals surface area contributed by atoms with E-state index in [1.165, 1.54) is 18.3 Å². The largest absolute Gasteiger partial charge is 0.463 e. The minimum absolute atomic E-state index is 0.0797. The Morgan fingerprint density at radius 2 is 1.89 bits per heavy atom. The Morgan fingerprint density at radius 3 is 2.54 bits per heavy atom. The molecule has 35 heavy (non-hydrogen) atoms. The predicted octanol–water partition coefficient (Wildman–Crippen LogP) is 3.48. The number of ether oxygens (including phenoxy) is 3. The van der Waals surface area contributed by atoms with Crippen molar-refractivity contribution in [2.75, 3.05) is 13.2 Å². The average molecular weight is 518 g/mol. The number of carbonyl (C=O) groups is 1. The van der Waals surface area contributed by atoms with E-state index in [9.17, 15) is 31.9 Å². The molecule has 0 saturated carbocycles. The Kier molecular flexibility index (Phi) is 7.48. The number of aromatic nitrogens is 3. The highest BCUT2D eigenvalue weighted by Crippen LogP contribution is 2.36. The molecule has 0 unspecified atom stereocenters. The second kappa shape index (κ2) is 10.2. The Labute approximate surface area is 199 Å². The first kappa shape index (κ1) is 25.7. The van der Waals surface area contributed by atoms with Crippen molar-refractivity contribution in [3.63, 3.8) is 0 Å². The van der Waals surface area contributed by atoms with Crippen molar-refractivity contribution >= 4 is 17.6 Å². The third kappa shape index (κ3) is 5.62. The Hall–Kier alpha value is -3.87. The summed E-state index contributed by atoms with van der Waals surface area (Å²) in [5, 5.41) is -0.303. The molecule has 0 aliphatic carbocycles. The van der Waals surface area contributed by atoms with Crippen molar-refractivity contribution in [2.45, 2.75) is 13.1 Å². The van der Waals surface area contributed by atoms with Gasteiger partial charge >= 0.3 is 17.8 Å². The number of nitrogens with zero attached hydrogens (tertiary/aromatic N) is 3. The zero-order chi connectivity index (χ0) is 25.9. The molecule has 0 amide bonds. The number of hydrogen-bond acceptors (Lipinski definition) is 7. The van der Waals surface area contributed by atoms with Gasteiger partial charge in [-0.3, -0.25) is 9.36 Å². The van der Waals surface area contributed by atoms with Gasteiger partial charge in [-0.05, 0) is 25.1 Å². The van der Waals surface area contributed by atoms with E-state index in [0.29, 0.717) is 6.07 Å². The lowest BCUT2D eigenvalue weighted by atomic mass is 10.2. The molecule has 0 N–H and O–H groups in total. The highest BCUT2D eigenvalue weighted by atomic mass is 35.5. The molecule has 3 rings (SSSR count). The Bertz CT molecular complexity index is 1390. The summed E-state index contributed by atoms with van der Waals surface area (Å²) in [7, 11) is 0.787.